The van der Waals surface area contributed by atoms with Gasteiger partial charge in [0.2, 0.25) is 0 Å². The number of rotatable bonds is 4. The Bertz CT molecular complexity index is 298. The van der Waals surface area contributed by atoms with Gasteiger partial charge in [0.25, 0.3) is 0 Å². The quantitative estimate of drug-likeness (QED) is 0.333. The molecule has 1 aliphatic rings. The van der Waals surface area contributed by atoms with E-state index in [1.54, 1.807) is 0 Å². The van der Waals surface area contributed by atoms with Gasteiger partial charge in [0.1, 0.15) is 30.0 Å². The van der Waals surface area contributed by atoms with Gasteiger partial charge in [-0.25, -0.2) is 0 Å². The lowest BCUT2D eigenvalue weighted by Gasteiger charge is -2.47. The van der Waals surface area contributed by atoms with Crippen LogP contribution < -0.4 is 5.73 Å². The fraction of sp³-hybridized carbons (Fsp3) is 0.900. The van der Waals surface area contributed by atoms with Gasteiger partial charge >= 0.3 is 5.97 Å². The molecule has 1 rings (SSSR count). The minimum absolute atomic E-state index is 0.274. The molecule has 1 aliphatic heterocycles. The second kappa shape index (κ2) is 5.91. The summed E-state index contributed by atoms with van der Waals surface area (Å²) in [6.07, 6.45) is -6.09. The van der Waals surface area contributed by atoms with Gasteiger partial charge in [-0.2, -0.15) is 0 Å². The zero-order valence-electron chi connectivity index (χ0n) is 10.0. The van der Waals surface area contributed by atoms with Crippen LogP contribution in [0.25, 0.3) is 0 Å². The minimum atomic E-state index is -1.58. The summed E-state index contributed by atoms with van der Waals surface area (Å²) in [6, 6.07) is 0. The average molecular weight is 265 g/mol. The van der Waals surface area contributed by atoms with Crippen LogP contribution in [0.15, 0.2) is 0 Å². The predicted molar refractivity (Wildman–Crippen MR) is 58.4 cm³/mol. The summed E-state index contributed by atoms with van der Waals surface area (Å²) in [5, 5.41) is 38.2. The van der Waals surface area contributed by atoms with E-state index in [1.807, 2.05) is 0 Å². The smallest absolute Gasteiger partial charge is 0.308 e. The summed E-state index contributed by atoms with van der Waals surface area (Å²) in [5.41, 5.74) is 3.90. The largest absolute Gasteiger partial charge is 0.469 e. The summed E-state index contributed by atoms with van der Waals surface area (Å²) in [7, 11) is 1.16. The third-order valence-electron chi connectivity index (χ3n) is 3.18. The molecule has 0 spiro atoms. The Hall–Kier alpha value is -0.770. The van der Waals surface area contributed by atoms with Crippen LogP contribution >= 0.6 is 0 Å². The lowest BCUT2D eigenvalue weighted by Crippen LogP contribution is -2.68. The zero-order chi connectivity index (χ0) is 13.9. The highest BCUT2D eigenvalue weighted by Gasteiger charge is 2.53. The molecule has 0 aromatic carbocycles. The number of methoxy groups -OCH3 is 1. The first-order valence-corrected chi connectivity index (χ1v) is 5.51. The first kappa shape index (κ1) is 15.3. The van der Waals surface area contributed by atoms with Crippen molar-refractivity contribution in [2.75, 3.05) is 20.3 Å². The first-order chi connectivity index (χ1) is 8.41. The number of aliphatic hydroxyl groups excluding tert-OH is 4. The molecule has 0 unspecified atom stereocenters. The highest BCUT2D eigenvalue weighted by molar-refractivity contribution is 5.70. The molecule has 6 N–H and O–H groups in total. The normalized spacial score (nSPS) is 40.6. The maximum absolute atomic E-state index is 11.3. The van der Waals surface area contributed by atoms with E-state index in [0.29, 0.717) is 0 Å². The van der Waals surface area contributed by atoms with Crippen molar-refractivity contribution in [1.29, 1.82) is 0 Å². The monoisotopic (exact) mass is 265 g/mol. The molecular weight excluding hydrogens is 246 g/mol. The van der Waals surface area contributed by atoms with Crippen LogP contribution in [0.3, 0.4) is 0 Å². The Morgan fingerprint density at radius 3 is 2.44 bits per heavy atom. The van der Waals surface area contributed by atoms with Crippen molar-refractivity contribution in [3.63, 3.8) is 0 Å². The van der Waals surface area contributed by atoms with E-state index < -0.39 is 42.6 Å². The molecule has 1 fully saturated rings. The molecule has 0 saturated carbocycles. The molecule has 8 heteroatoms. The second-order valence-corrected chi connectivity index (χ2v) is 4.29. The average Bonchev–Trinajstić information content (AvgIpc) is 2.39. The van der Waals surface area contributed by atoms with E-state index >= 15 is 0 Å². The Kier molecular flexibility index (Phi) is 5.02. The summed E-state index contributed by atoms with van der Waals surface area (Å²) in [4.78, 5) is 11.3. The van der Waals surface area contributed by atoms with Gasteiger partial charge in [0.15, 0.2) is 0 Å². The highest BCUT2D eigenvalue weighted by atomic mass is 16.6. The molecule has 0 aromatic rings. The van der Waals surface area contributed by atoms with Crippen LogP contribution in [0.5, 0.6) is 0 Å². The molecule has 0 aromatic heterocycles. The molecule has 1 heterocycles. The zero-order valence-corrected chi connectivity index (χ0v) is 10.0. The van der Waals surface area contributed by atoms with Crippen LogP contribution in [0.4, 0.5) is 0 Å². The predicted octanol–water partition coefficient (Wildman–Crippen LogP) is -3.28. The summed E-state index contributed by atoms with van der Waals surface area (Å²) < 4.78 is 9.77. The third-order valence-corrected chi connectivity index (χ3v) is 3.18. The van der Waals surface area contributed by atoms with Gasteiger partial charge < -0.3 is 35.6 Å². The van der Waals surface area contributed by atoms with E-state index in [-0.39, 0.29) is 13.0 Å². The molecule has 0 amide bonds. The lowest BCUT2D eigenvalue weighted by atomic mass is 9.82. The van der Waals surface area contributed by atoms with Crippen LogP contribution in [0.1, 0.15) is 6.42 Å². The number of hydrogen-bond donors (Lipinski definition) is 5. The molecule has 5 atom stereocenters. The topological polar surface area (TPSA) is 142 Å². The Morgan fingerprint density at radius 2 is 2.00 bits per heavy atom. The Balaban J connectivity index is 2.97. The number of nitrogens with two attached hydrogens (primary N) is 1. The van der Waals surface area contributed by atoms with Crippen LogP contribution in [-0.2, 0) is 14.3 Å². The van der Waals surface area contributed by atoms with E-state index in [0.717, 1.165) is 7.11 Å². The van der Waals surface area contributed by atoms with E-state index in [1.165, 1.54) is 0 Å². The van der Waals surface area contributed by atoms with E-state index in [9.17, 15) is 20.1 Å². The molecular formula is C10H19NO7. The fourth-order valence-corrected chi connectivity index (χ4v) is 2.01. The number of esters is 1. The standard InChI is InChI=1S/C10H19NO7/c1-17-6(13)2-10(4-11)9(16)8(15)7(14)5(3-12)18-10/h5,7-9,12,14-16H,2-4,11H2,1H3/t5-,7+,8+,9-,10-/m1/s1. The number of hydrogen-bond acceptors (Lipinski definition) is 8. The summed E-state index contributed by atoms with van der Waals surface area (Å²) in [6.45, 7) is -0.850. The molecule has 1 saturated heterocycles. The van der Waals surface area contributed by atoms with Gasteiger partial charge in [-0.15, -0.1) is 0 Å². The summed E-state index contributed by atoms with van der Waals surface area (Å²) >= 11 is 0. The van der Waals surface area contributed by atoms with Crippen molar-refractivity contribution in [3.8, 4) is 0 Å². The molecule has 8 nitrogen and oxygen atoms in total. The minimum Gasteiger partial charge on any atom is -0.469 e. The summed E-state index contributed by atoms with van der Waals surface area (Å²) in [5.74, 6) is -0.681. The van der Waals surface area contributed by atoms with Gasteiger partial charge in [0.05, 0.1) is 20.1 Å². The third kappa shape index (κ3) is 2.63. The molecule has 0 radical (unpaired) electrons. The van der Waals surface area contributed by atoms with Crippen molar-refractivity contribution in [1.82, 2.24) is 0 Å². The maximum Gasteiger partial charge on any atom is 0.308 e. The molecule has 0 bridgehead atoms. The highest BCUT2D eigenvalue weighted by Crippen LogP contribution is 2.32. The fourth-order valence-electron chi connectivity index (χ4n) is 2.01. The first-order valence-electron chi connectivity index (χ1n) is 5.51. The van der Waals surface area contributed by atoms with Crippen LogP contribution in [0, 0.1) is 0 Å². The second-order valence-electron chi connectivity index (χ2n) is 4.29. The molecule has 0 aliphatic carbocycles. The number of carbonyl (C=O) groups excluding carboxylic acids is 1. The van der Waals surface area contributed by atoms with Gasteiger partial charge in [-0.05, 0) is 0 Å². The number of ether oxygens (including phenoxy) is 2. The Labute approximate surface area is 104 Å². The van der Waals surface area contributed by atoms with Crippen molar-refractivity contribution in [2.45, 2.75) is 36.4 Å². The van der Waals surface area contributed by atoms with Gasteiger partial charge in [-0.3, -0.25) is 4.79 Å². The Morgan fingerprint density at radius 1 is 1.39 bits per heavy atom. The van der Waals surface area contributed by atoms with Crippen molar-refractivity contribution >= 4 is 5.97 Å². The van der Waals surface area contributed by atoms with Crippen molar-refractivity contribution < 1.29 is 34.7 Å². The van der Waals surface area contributed by atoms with Crippen LogP contribution in [0.2, 0.25) is 0 Å². The molecule has 106 valence electrons. The van der Waals surface area contributed by atoms with E-state index in [4.69, 9.17) is 15.6 Å². The van der Waals surface area contributed by atoms with E-state index in [2.05, 4.69) is 4.74 Å². The van der Waals surface area contributed by atoms with Crippen LogP contribution in [-0.4, -0.2) is 76.7 Å². The van der Waals surface area contributed by atoms with Gasteiger partial charge in [-0.1, -0.05) is 0 Å². The number of aliphatic hydroxyl groups is 4. The lowest BCUT2D eigenvalue weighted by molar-refractivity contribution is -0.272. The SMILES string of the molecule is COC(=O)C[C@]1(CN)O[C@H](CO)[C@H](O)[C@H](O)[C@H]1O. The van der Waals surface area contributed by atoms with Gasteiger partial charge in [0, 0.05) is 6.54 Å². The van der Waals surface area contributed by atoms with Crippen molar-refractivity contribution in [2.24, 2.45) is 5.73 Å². The maximum atomic E-state index is 11.3. The number of carbonyl (C=O) groups is 1. The molecule has 18 heavy (non-hydrogen) atoms. The van der Waals surface area contributed by atoms with Crippen molar-refractivity contribution in [3.05, 3.63) is 0 Å².